The lowest BCUT2D eigenvalue weighted by Gasteiger charge is -2.11. The number of carbonyl (C=O) groups is 2. The van der Waals surface area contributed by atoms with Gasteiger partial charge in [0.2, 0.25) is 0 Å². The number of nitrogens with zero attached hydrogens (tertiary/aromatic N) is 2. The number of hydrogen-bond donors (Lipinski definition) is 1. The van der Waals surface area contributed by atoms with Crippen LogP contribution in [0.5, 0.6) is 0 Å². The predicted octanol–water partition coefficient (Wildman–Crippen LogP) is 2.54. The maximum atomic E-state index is 11.9. The summed E-state index contributed by atoms with van der Waals surface area (Å²) < 4.78 is 4.87. The molecule has 7 heteroatoms. The fourth-order valence-corrected chi connectivity index (χ4v) is 2.23. The molecule has 0 fully saturated rings. The molecule has 1 heterocycles. The minimum Gasteiger partial charge on any atom is -0.451 e. The number of hydrogen-bond acceptors (Lipinski definition) is 5. The number of ether oxygens (including phenoxy) is 1. The third-order valence-electron chi connectivity index (χ3n) is 2.80. The van der Waals surface area contributed by atoms with E-state index in [9.17, 15) is 9.59 Å². The Bertz CT molecular complexity index is 681. The van der Waals surface area contributed by atoms with Crippen LogP contribution in [0.25, 0.3) is 0 Å². The van der Waals surface area contributed by atoms with Crippen molar-refractivity contribution in [2.45, 2.75) is 13.8 Å². The molecule has 114 valence electrons. The molecule has 1 aromatic heterocycles. The molecule has 6 nitrogen and oxygen atoms in total. The molecule has 2 aromatic rings. The molecule has 0 atom stereocenters. The highest BCUT2D eigenvalue weighted by molar-refractivity contribution is 6.34. The first-order chi connectivity index (χ1) is 10.5. The van der Waals surface area contributed by atoms with Crippen LogP contribution in [-0.2, 0) is 9.53 Å². The van der Waals surface area contributed by atoms with Crippen molar-refractivity contribution in [3.63, 3.8) is 0 Å². The zero-order chi connectivity index (χ0) is 16.1. The predicted molar refractivity (Wildman–Crippen MR) is 81.9 cm³/mol. The molecule has 0 radical (unpaired) electrons. The van der Waals surface area contributed by atoms with Gasteiger partial charge in [-0.1, -0.05) is 17.7 Å². The molecule has 0 spiro atoms. The van der Waals surface area contributed by atoms with Crippen LogP contribution in [0.3, 0.4) is 0 Å². The van der Waals surface area contributed by atoms with E-state index in [4.69, 9.17) is 16.3 Å². The van der Waals surface area contributed by atoms with E-state index >= 15 is 0 Å². The first kappa shape index (κ1) is 15.9. The topological polar surface area (TPSA) is 81.2 Å². The van der Waals surface area contributed by atoms with Gasteiger partial charge < -0.3 is 10.1 Å². The summed E-state index contributed by atoms with van der Waals surface area (Å²) in [7, 11) is 0. The molecular weight excluding hydrogens is 306 g/mol. The lowest BCUT2D eigenvalue weighted by molar-refractivity contribution is -0.119. The van der Waals surface area contributed by atoms with Gasteiger partial charge in [-0.25, -0.2) is 9.78 Å². The Morgan fingerprint density at radius 3 is 2.68 bits per heavy atom. The van der Waals surface area contributed by atoms with Gasteiger partial charge in [-0.15, -0.1) is 0 Å². The van der Waals surface area contributed by atoms with Gasteiger partial charge in [0.1, 0.15) is 0 Å². The highest BCUT2D eigenvalue weighted by Crippen LogP contribution is 2.27. The van der Waals surface area contributed by atoms with Crippen LogP contribution < -0.4 is 5.32 Å². The van der Waals surface area contributed by atoms with E-state index in [1.807, 2.05) is 19.9 Å². The van der Waals surface area contributed by atoms with Gasteiger partial charge in [-0.05, 0) is 31.0 Å². The van der Waals surface area contributed by atoms with E-state index in [2.05, 4.69) is 15.3 Å². The summed E-state index contributed by atoms with van der Waals surface area (Å²) in [6, 6.07) is 3.64. The maximum Gasteiger partial charge on any atom is 0.359 e. The molecule has 0 bridgehead atoms. The van der Waals surface area contributed by atoms with E-state index in [-0.39, 0.29) is 5.69 Å². The molecule has 2 rings (SSSR count). The standard InChI is InChI=1S/C15H14ClN3O3/c1-9-5-10(2)14(11(16)6-9)19-13(20)8-22-15(21)12-7-17-3-4-18-12/h3-7H,8H2,1-2H3,(H,19,20). The van der Waals surface area contributed by atoms with Crippen LogP contribution >= 0.6 is 11.6 Å². The van der Waals surface area contributed by atoms with Gasteiger partial charge in [0.05, 0.1) is 16.9 Å². The Kier molecular flexibility index (Phi) is 5.06. The number of rotatable bonds is 4. The lowest BCUT2D eigenvalue weighted by atomic mass is 10.1. The molecule has 0 aliphatic carbocycles. The van der Waals surface area contributed by atoms with Crippen LogP contribution in [0, 0.1) is 13.8 Å². The Labute approximate surface area is 132 Å². The first-order valence-corrected chi connectivity index (χ1v) is 6.85. The molecule has 0 unspecified atom stereocenters. The lowest BCUT2D eigenvalue weighted by Crippen LogP contribution is -2.22. The maximum absolute atomic E-state index is 11.9. The highest BCUT2D eigenvalue weighted by atomic mass is 35.5. The summed E-state index contributed by atoms with van der Waals surface area (Å²) in [5, 5.41) is 3.06. The van der Waals surface area contributed by atoms with Crippen LogP contribution in [0.1, 0.15) is 21.6 Å². The van der Waals surface area contributed by atoms with Crippen molar-refractivity contribution in [2.75, 3.05) is 11.9 Å². The smallest absolute Gasteiger partial charge is 0.359 e. The number of esters is 1. The fraction of sp³-hybridized carbons (Fsp3) is 0.200. The zero-order valence-electron chi connectivity index (χ0n) is 12.1. The number of aromatic nitrogens is 2. The van der Waals surface area contributed by atoms with Gasteiger partial charge in [0.25, 0.3) is 5.91 Å². The number of halogens is 1. The summed E-state index contributed by atoms with van der Waals surface area (Å²) in [6.07, 6.45) is 4.07. The van der Waals surface area contributed by atoms with Gasteiger partial charge in [0.15, 0.2) is 12.3 Å². The largest absolute Gasteiger partial charge is 0.451 e. The fourth-order valence-electron chi connectivity index (χ4n) is 1.86. The number of carbonyl (C=O) groups excluding carboxylic acids is 2. The monoisotopic (exact) mass is 319 g/mol. The van der Waals surface area contributed by atoms with Gasteiger partial charge >= 0.3 is 5.97 Å². The number of amides is 1. The van der Waals surface area contributed by atoms with Gasteiger partial charge in [0, 0.05) is 12.4 Å². The van der Waals surface area contributed by atoms with Crippen molar-refractivity contribution >= 4 is 29.2 Å². The average Bonchev–Trinajstić information content (AvgIpc) is 2.49. The van der Waals surface area contributed by atoms with Crippen molar-refractivity contribution in [1.29, 1.82) is 0 Å². The normalized spacial score (nSPS) is 10.1. The van der Waals surface area contributed by atoms with Crippen LogP contribution in [0.4, 0.5) is 5.69 Å². The van der Waals surface area contributed by atoms with E-state index in [1.54, 1.807) is 6.07 Å². The molecular formula is C15H14ClN3O3. The van der Waals surface area contributed by atoms with E-state index < -0.39 is 18.5 Å². The summed E-state index contributed by atoms with van der Waals surface area (Å²) in [6.45, 7) is 3.31. The molecule has 0 saturated heterocycles. The summed E-state index contributed by atoms with van der Waals surface area (Å²) in [5.74, 6) is -1.19. The molecule has 0 saturated carbocycles. The second-order valence-electron chi connectivity index (χ2n) is 4.65. The SMILES string of the molecule is Cc1cc(C)c(NC(=O)COC(=O)c2cnccn2)c(Cl)c1. The Balaban J connectivity index is 1.95. The van der Waals surface area contributed by atoms with E-state index in [0.29, 0.717) is 10.7 Å². The minimum atomic E-state index is -0.713. The average molecular weight is 320 g/mol. The van der Waals surface area contributed by atoms with Crippen LogP contribution in [0.15, 0.2) is 30.7 Å². The van der Waals surface area contributed by atoms with E-state index in [1.165, 1.54) is 18.6 Å². The molecule has 1 amide bonds. The van der Waals surface area contributed by atoms with Crippen LogP contribution in [0.2, 0.25) is 5.02 Å². The van der Waals surface area contributed by atoms with Crippen molar-refractivity contribution in [3.05, 3.63) is 52.6 Å². The second kappa shape index (κ2) is 7.00. The Morgan fingerprint density at radius 1 is 1.27 bits per heavy atom. The molecule has 1 N–H and O–H groups in total. The van der Waals surface area contributed by atoms with Crippen molar-refractivity contribution in [1.82, 2.24) is 9.97 Å². The highest BCUT2D eigenvalue weighted by Gasteiger charge is 2.13. The zero-order valence-corrected chi connectivity index (χ0v) is 12.8. The number of benzene rings is 1. The van der Waals surface area contributed by atoms with Crippen LogP contribution in [-0.4, -0.2) is 28.5 Å². The molecule has 22 heavy (non-hydrogen) atoms. The Morgan fingerprint density at radius 2 is 2.05 bits per heavy atom. The second-order valence-corrected chi connectivity index (χ2v) is 5.06. The van der Waals surface area contributed by atoms with Gasteiger partial charge in [-0.2, -0.15) is 0 Å². The molecule has 0 aliphatic rings. The summed E-state index contributed by atoms with van der Waals surface area (Å²) >= 11 is 6.10. The minimum absolute atomic E-state index is 0.0415. The van der Waals surface area contributed by atoms with Crippen molar-refractivity contribution in [3.8, 4) is 0 Å². The number of aryl methyl sites for hydroxylation is 2. The summed E-state index contributed by atoms with van der Waals surface area (Å²) in [5.41, 5.74) is 2.38. The third-order valence-corrected chi connectivity index (χ3v) is 3.10. The first-order valence-electron chi connectivity index (χ1n) is 6.47. The van der Waals surface area contributed by atoms with E-state index in [0.717, 1.165) is 11.1 Å². The van der Waals surface area contributed by atoms with Gasteiger partial charge in [-0.3, -0.25) is 9.78 Å². The summed E-state index contributed by atoms with van der Waals surface area (Å²) in [4.78, 5) is 31.0. The van der Waals surface area contributed by atoms with Crippen molar-refractivity contribution < 1.29 is 14.3 Å². The third kappa shape index (κ3) is 4.02. The quantitative estimate of drug-likeness (QED) is 0.876. The molecule has 0 aliphatic heterocycles. The number of nitrogens with one attached hydrogen (secondary N) is 1. The Hall–Kier alpha value is -2.47. The molecule has 1 aromatic carbocycles. The van der Waals surface area contributed by atoms with Crippen molar-refractivity contribution in [2.24, 2.45) is 0 Å². The number of anilines is 1.